The van der Waals surface area contributed by atoms with Crippen molar-refractivity contribution in [1.82, 2.24) is 10.2 Å². The number of hydrogen-bond acceptors (Lipinski definition) is 4. The number of halogens is 2. The SMILES string of the molecule is N#CN1[C@H]2CC[C@@H]1[C@H](NC(=O)C1CCN(c3cc(Cl)ccc3Cl)C1)C2. The van der Waals surface area contributed by atoms with Crippen LogP contribution in [0.15, 0.2) is 18.2 Å². The second-order valence-electron chi connectivity index (χ2n) is 7.18. The van der Waals surface area contributed by atoms with Crippen LogP contribution in [0.2, 0.25) is 10.0 Å². The molecule has 3 saturated heterocycles. The van der Waals surface area contributed by atoms with Gasteiger partial charge in [-0.3, -0.25) is 4.79 Å². The van der Waals surface area contributed by atoms with E-state index in [9.17, 15) is 10.1 Å². The number of nitrogens with one attached hydrogen (secondary N) is 1. The first-order chi connectivity index (χ1) is 12.1. The van der Waals surface area contributed by atoms with E-state index in [1.807, 2.05) is 11.0 Å². The monoisotopic (exact) mass is 378 g/mol. The molecule has 2 bridgehead atoms. The van der Waals surface area contributed by atoms with Crippen molar-refractivity contribution in [3.05, 3.63) is 28.2 Å². The number of hydrogen-bond donors (Lipinski definition) is 1. The molecule has 3 heterocycles. The van der Waals surface area contributed by atoms with E-state index in [0.29, 0.717) is 22.6 Å². The largest absolute Gasteiger partial charge is 0.369 e. The second kappa shape index (κ2) is 6.59. The van der Waals surface area contributed by atoms with Gasteiger partial charge in [0.05, 0.1) is 28.7 Å². The lowest BCUT2D eigenvalue weighted by atomic mass is 9.95. The van der Waals surface area contributed by atoms with Gasteiger partial charge in [-0.25, -0.2) is 0 Å². The second-order valence-corrected chi connectivity index (χ2v) is 8.03. The van der Waals surface area contributed by atoms with Gasteiger partial charge in [0.25, 0.3) is 0 Å². The molecule has 0 radical (unpaired) electrons. The Morgan fingerprint density at radius 2 is 2.12 bits per heavy atom. The van der Waals surface area contributed by atoms with E-state index in [2.05, 4.69) is 16.4 Å². The summed E-state index contributed by atoms with van der Waals surface area (Å²) < 4.78 is 0. The number of nitrogens with zero attached hydrogens (tertiary/aromatic N) is 3. The third-order valence-electron chi connectivity index (χ3n) is 5.79. The van der Waals surface area contributed by atoms with Crippen molar-refractivity contribution < 1.29 is 4.79 Å². The molecular formula is C18H20Cl2N4O. The molecule has 0 saturated carbocycles. The molecule has 5 nitrogen and oxygen atoms in total. The van der Waals surface area contributed by atoms with Crippen LogP contribution in [0.3, 0.4) is 0 Å². The van der Waals surface area contributed by atoms with Gasteiger partial charge in [0.2, 0.25) is 5.91 Å². The normalized spacial score (nSPS) is 30.6. The van der Waals surface area contributed by atoms with Gasteiger partial charge in [0, 0.05) is 24.2 Å². The minimum Gasteiger partial charge on any atom is -0.369 e. The van der Waals surface area contributed by atoms with Crippen molar-refractivity contribution in [1.29, 1.82) is 5.26 Å². The van der Waals surface area contributed by atoms with Gasteiger partial charge < -0.3 is 15.1 Å². The number of rotatable bonds is 3. The van der Waals surface area contributed by atoms with Gasteiger partial charge in [-0.2, -0.15) is 5.26 Å². The fourth-order valence-electron chi connectivity index (χ4n) is 4.52. The molecule has 7 heteroatoms. The van der Waals surface area contributed by atoms with Crippen LogP contribution in [-0.4, -0.2) is 42.0 Å². The van der Waals surface area contributed by atoms with E-state index in [-0.39, 0.29) is 23.9 Å². The van der Waals surface area contributed by atoms with Crippen LogP contribution in [-0.2, 0) is 4.79 Å². The molecule has 1 amide bonds. The lowest BCUT2D eigenvalue weighted by Crippen LogP contribution is -2.46. The number of nitriles is 1. The Labute approximate surface area is 157 Å². The molecule has 1 aromatic rings. The topological polar surface area (TPSA) is 59.4 Å². The van der Waals surface area contributed by atoms with Crippen LogP contribution in [0.4, 0.5) is 5.69 Å². The minimum atomic E-state index is -0.0512. The number of anilines is 1. The van der Waals surface area contributed by atoms with Crippen molar-refractivity contribution in [2.45, 2.75) is 43.8 Å². The molecule has 0 aromatic heterocycles. The Kier molecular flexibility index (Phi) is 4.43. The molecule has 3 aliphatic heterocycles. The van der Waals surface area contributed by atoms with Gasteiger partial charge in [-0.05, 0) is 43.9 Å². The average Bonchev–Trinajstić information content (AvgIpc) is 3.30. The van der Waals surface area contributed by atoms with Crippen LogP contribution >= 0.6 is 23.2 Å². The smallest absolute Gasteiger partial charge is 0.225 e. The molecule has 4 atom stereocenters. The van der Waals surface area contributed by atoms with Gasteiger partial charge >= 0.3 is 0 Å². The predicted octanol–water partition coefficient (Wildman–Crippen LogP) is 3.02. The molecular weight excluding hydrogens is 359 g/mol. The highest BCUT2D eigenvalue weighted by Gasteiger charge is 2.47. The zero-order valence-electron chi connectivity index (χ0n) is 13.8. The molecule has 1 aromatic carbocycles. The third kappa shape index (κ3) is 3.02. The first kappa shape index (κ1) is 16.8. The van der Waals surface area contributed by atoms with Crippen LogP contribution < -0.4 is 10.2 Å². The summed E-state index contributed by atoms with van der Waals surface area (Å²) in [6, 6.07) is 6.01. The highest BCUT2D eigenvalue weighted by Crippen LogP contribution is 2.37. The van der Waals surface area contributed by atoms with Gasteiger partial charge in [0.1, 0.15) is 0 Å². The molecule has 3 aliphatic rings. The first-order valence-corrected chi connectivity index (χ1v) is 9.51. The highest BCUT2D eigenvalue weighted by atomic mass is 35.5. The summed E-state index contributed by atoms with van der Waals surface area (Å²) in [7, 11) is 0. The summed E-state index contributed by atoms with van der Waals surface area (Å²) in [5.74, 6) is 0.0424. The van der Waals surface area contributed by atoms with Crippen LogP contribution in [0.25, 0.3) is 0 Å². The van der Waals surface area contributed by atoms with Gasteiger partial charge in [-0.1, -0.05) is 23.2 Å². The Bertz CT molecular complexity index is 734. The maximum atomic E-state index is 12.7. The maximum Gasteiger partial charge on any atom is 0.225 e. The number of benzene rings is 1. The van der Waals surface area contributed by atoms with Gasteiger partial charge in [0.15, 0.2) is 6.19 Å². The first-order valence-electron chi connectivity index (χ1n) is 8.75. The van der Waals surface area contributed by atoms with Crippen LogP contribution in [0, 0.1) is 17.4 Å². The lowest BCUT2D eigenvalue weighted by molar-refractivity contribution is -0.125. The number of fused-ring (bicyclic) bond motifs is 2. The standard InChI is InChI=1S/C18H20Cl2N4O/c19-12-1-3-14(20)17(7-12)23-6-5-11(9-23)18(25)22-15-8-13-2-4-16(15)24(13)10-21/h1,3,7,11,13,15-16H,2,4-6,8-9H2,(H,22,25)/t11?,13-,15+,16+/m0/s1. The van der Waals surface area contributed by atoms with Crippen molar-refractivity contribution in [3.63, 3.8) is 0 Å². The van der Waals surface area contributed by atoms with E-state index < -0.39 is 0 Å². The number of carbonyl (C=O) groups is 1. The molecule has 0 aliphatic carbocycles. The maximum absolute atomic E-state index is 12.7. The van der Waals surface area contributed by atoms with E-state index in [1.54, 1.807) is 12.1 Å². The van der Waals surface area contributed by atoms with Crippen LogP contribution in [0.1, 0.15) is 25.7 Å². The fourth-order valence-corrected chi connectivity index (χ4v) is 4.92. The minimum absolute atomic E-state index is 0.0512. The van der Waals surface area contributed by atoms with E-state index in [1.165, 1.54) is 0 Å². The molecule has 1 unspecified atom stereocenters. The summed E-state index contributed by atoms with van der Waals surface area (Å²) in [5.41, 5.74) is 0.889. The quantitative estimate of drug-likeness (QED) is 0.821. The summed E-state index contributed by atoms with van der Waals surface area (Å²) in [5, 5.41) is 13.7. The van der Waals surface area contributed by atoms with Crippen molar-refractivity contribution in [3.8, 4) is 6.19 Å². The highest BCUT2D eigenvalue weighted by molar-refractivity contribution is 6.35. The molecule has 0 spiro atoms. The molecule has 25 heavy (non-hydrogen) atoms. The summed E-state index contributed by atoms with van der Waals surface area (Å²) >= 11 is 12.4. The molecule has 132 valence electrons. The number of carbonyl (C=O) groups excluding carboxylic acids is 1. The molecule has 1 N–H and O–H groups in total. The van der Waals surface area contributed by atoms with E-state index >= 15 is 0 Å². The Balaban J connectivity index is 1.38. The van der Waals surface area contributed by atoms with Gasteiger partial charge in [-0.15, -0.1) is 0 Å². The number of amides is 1. The van der Waals surface area contributed by atoms with Crippen molar-refractivity contribution >= 4 is 34.8 Å². The summed E-state index contributed by atoms with van der Waals surface area (Å²) in [6.07, 6.45) is 6.04. The zero-order valence-corrected chi connectivity index (χ0v) is 15.3. The van der Waals surface area contributed by atoms with E-state index in [4.69, 9.17) is 23.2 Å². The van der Waals surface area contributed by atoms with Crippen molar-refractivity contribution in [2.75, 3.05) is 18.0 Å². The zero-order chi connectivity index (χ0) is 17.6. The summed E-state index contributed by atoms with van der Waals surface area (Å²) in [6.45, 7) is 1.44. The van der Waals surface area contributed by atoms with Crippen LogP contribution in [0.5, 0.6) is 0 Å². The Morgan fingerprint density at radius 3 is 2.88 bits per heavy atom. The summed E-state index contributed by atoms with van der Waals surface area (Å²) in [4.78, 5) is 16.7. The van der Waals surface area contributed by atoms with E-state index in [0.717, 1.165) is 37.9 Å². The lowest BCUT2D eigenvalue weighted by Gasteiger charge is -2.24. The fraction of sp³-hybridized carbons (Fsp3) is 0.556. The molecule has 4 rings (SSSR count). The Hall–Kier alpha value is -1.64. The predicted molar refractivity (Wildman–Crippen MR) is 97.6 cm³/mol. The van der Waals surface area contributed by atoms with Crippen molar-refractivity contribution in [2.24, 2.45) is 5.92 Å². The average molecular weight is 379 g/mol. The Morgan fingerprint density at radius 1 is 1.28 bits per heavy atom. The molecule has 3 fully saturated rings. The third-order valence-corrected chi connectivity index (χ3v) is 6.34.